The summed E-state index contributed by atoms with van der Waals surface area (Å²) in [6.45, 7) is 0. The fourth-order valence-electron chi connectivity index (χ4n) is 2.33. The quantitative estimate of drug-likeness (QED) is 0.797. The van der Waals surface area contributed by atoms with E-state index in [9.17, 15) is 14.0 Å². The van der Waals surface area contributed by atoms with Crippen molar-refractivity contribution in [3.8, 4) is 0 Å². The Morgan fingerprint density at radius 3 is 2.57 bits per heavy atom. The summed E-state index contributed by atoms with van der Waals surface area (Å²) in [5.74, 6) is -1.38. The van der Waals surface area contributed by atoms with Gasteiger partial charge in [0.2, 0.25) is 0 Å². The van der Waals surface area contributed by atoms with Crippen molar-refractivity contribution in [2.24, 2.45) is 0 Å². The van der Waals surface area contributed by atoms with Gasteiger partial charge in [0.1, 0.15) is 5.82 Å². The van der Waals surface area contributed by atoms with E-state index in [1.54, 1.807) is 24.3 Å². The highest BCUT2D eigenvalue weighted by molar-refractivity contribution is 5.98. The van der Waals surface area contributed by atoms with Gasteiger partial charge < -0.3 is 9.47 Å². The highest BCUT2D eigenvalue weighted by Gasteiger charge is 2.32. The van der Waals surface area contributed by atoms with Crippen LogP contribution in [0.3, 0.4) is 0 Å². The molecule has 3 rings (SSSR count). The first-order valence-electron chi connectivity index (χ1n) is 6.29. The van der Waals surface area contributed by atoms with Gasteiger partial charge in [0.25, 0.3) is 0 Å². The maximum atomic E-state index is 13.0. The molecule has 0 radical (unpaired) electrons. The Hall–Kier alpha value is -2.69. The van der Waals surface area contributed by atoms with Gasteiger partial charge in [0, 0.05) is 5.56 Å². The number of benzene rings is 2. The lowest BCUT2D eigenvalue weighted by molar-refractivity contribution is 0.0455. The summed E-state index contributed by atoms with van der Waals surface area (Å²) in [4.78, 5) is 23.4. The largest absolute Gasteiger partial charge is 0.465 e. The molecule has 21 heavy (non-hydrogen) atoms. The third-order valence-electron chi connectivity index (χ3n) is 3.37. The highest BCUT2D eigenvalue weighted by atomic mass is 19.1. The Bertz CT molecular complexity index is 722. The first-order valence-corrected chi connectivity index (χ1v) is 6.29. The maximum Gasteiger partial charge on any atom is 0.339 e. The molecule has 2 aromatic rings. The molecular weight excluding hydrogens is 275 g/mol. The summed E-state index contributed by atoms with van der Waals surface area (Å²) in [7, 11) is 1.27. The number of hydrogen-bond acceptors (Lipinski definition) is 4. The number of rotatable bonds is 2. The van der Waals surface area contributed by atoms with Crippen LogP contribution >= 0.6 is 0 Å². The van der Waals surface area contributed by atoms with Gasteiger partial charge in [-0.25, -0.2) is 14.0 Å². The minimum absolute atomic E-state index is 0.285. The van der Waals surface area contributed by atoms with Crippen LogP contribution in [0.2, 0.25) is 0 Å². The average Bonchev–Trinajstić information content (AvgIpc) is 2.84. The zero-order chi connectivity index (χ0) is 15.0. The first kappa shape index (κ1) is 13.3. The topological polar surface area (TPSA) is 52.6 Å². The van der Waals surface area contributed by atoms with E-state index in [-0.39, 0.29) is 11.4 Å². The van der Waals surface area contributed by atoms with E-state index < -0.39 is 18.0 Å². The summed E-state index contributed by atoms with van der Waals surface area (Å²) >= 11 is 0. The number of halogens is 1. The fraction of sp³-hybridized carbons (Fsp3) is 0.125. The number of cyclic esters (lactones) is 1. The second-order valence-electron chi connectivity index (χ2n) is 4.63. The zero-order valence-electron chi connectivity index (χ0n) is 11.1. The van der Waals surface area contributed by atoms with Crippen LogP contribution in [-0.2, 0) is 9.47 Å². The van der Waals surface area contributed by atoms with E-state index in [2.05, 4.69) is 4.74 Å². The van der Waals surface area contributed by atoms with E-state index in [1.165, 1.54) is 25.3 Å². The minimum atomic E-state index is -0.584. The number of carbonyl (C=O) groups is 2. The molecule has 0 saturated heterocycles. The van der Waals surface area contributed by atoms with Crippen molar-refractivity contribution in [2.45, 2.75) is 6.10 Å². The molecule has 0 fully saturated rings. The Kier molecular flexibility index (Phi) is 3.17. The van der Waals surface area contributed by atoms with Gasteiger partial charge in [-0.1, -0.05) is 18.2 Å². The second kappa shape index (κ2) is 5.01. The molecule has 0 amide bonds. The number of carbonyl (C=O) groups excluding carboxylic acids is 2. The van der Waals surface area contributed by atoms with Crippen molar-refractivity contribution in [3.05, 3.63) is 70.5 Å². The summed E-state index contributed by atoms with van der Waals surface area (Å²) in [6, 6.07) is 10.4. The van der Waals surface area contributed by atoms with Crippen molar-refractivity contribution in [1.82, 2.24) is 0 Å². The van der Waals surface area contributed by atoms with Crippen LogP contribution in [0.4, 0.5) is 4.39 Å². The van der Waals surface area contributed by atoms with Gasteiger partial charge in [-0.05, 0) is 29.8 Å². The van der Waals surface area contributed by atoms with Crippen LogP contribution in [0.15, 0.2) is 42.5 Å². The summed E-state index contributed by atoms with van der Waals surface area (Å²) < 4.78 is 22.9. The highest BCUT2D eigenvalue weighted by Crippen LogP contribution is 2.36. The molecule has 106 valence electrons. The van der Waals surface area contributed by atoms with Gasteiger partial charge in [0.15, 0.2) is 6.10 Å². The van der Waals surface area contributed by atoms with Crippen molar-refractivity contribution >= 4 is 11.9 Å². The van der Waals surface area contributed by atoms with Gasteiger partial charge >= 0.3 is 11.9 Å². The molecule has 1 aliphatic rings. The Morgan fingerprint density at radius 2 is 1.90 bits per heavy atom. The lowest BCUT2D eigenvalue weighted by Crippen LogP contribution is -2.03. The lowest BCUT2D eigenvalue weighted by Gasteiger charge is -2.11. The smallest absolute Gasteiger partial charge is 0.339 e. The zero-order valence-corrected chi connectivity index (χ0v) is 11.1. The van der Waals surface area contributed by atoms with E-state index in [1.807, 2.05) is 0 Å². The predicted octanol–water partition coefficient (Wildman–Crippen LogP) is 2.87. The van der Waals surface area contributed by atoms with Crippen molar-refractivity contribution in [1.29, 1.82) is 0 Å². The molecular formula is C16H11FO4. The number of hydrogen-bond donors (Lipinski definition) is 0. The van der Waals surface area contributed by atoms with E-state index in [0.717, 1.165) is 0 Å². The predicted molar refractivity (Wildman–Crippen MR) is 71.4 cm³/mol. The molecule has 1 atom stereocenters. The molecule has 1 aliphatic heterocycles. The van der Waals surface area contributed by atoms with Gasteiger partial charge in [-0.3, -0.25) is 0 Å². The number of ether oxygens (including phenoxy) is 2. The lowest BCUT2D eigenvalue weighted by atomic mass is 9.97. The molecule has 0 aromatic heterocycles. The molecule has 4 nitrogen and oxygen atoms in total. The Balaban J connectivity index is 2.02. The van der Waals surface area contributed by atoms with Crippen LogP contribution in [0, 0.1) is 5.82 Å². The van der Waals surface area contributed by atoms with Gasteiger partial charge in [-0.2, -0.15) is 0 Å². The van der Waals surface area contributed by atoms with Gasteiger partial charge in [0.05, 0.1) is 18.2 Å². The number of methoxy groups -OCH3 is 1. The molecule has 0 spiro atoms. The molecule has 1 unspecified atom stereocenters. The fourth-order valence-corrected chi connectivity index (χ4v) is 2.33. The van der Waals surface area contributed by atoms with Crippen LogP contribution in [0.25, 0.3) is 0 Å². The van der Waals surface area contributed by atoms with Crippen molar-refractivity contribution in [3.63, 3.8) is 0 Å². The monoisotopic (exact) mass is 286 g/mol. The third-order valence-corrected chi connectivity index (χ3v) is 3.37. The van der Waals surface area contributed by atoms with Crippen LogP contribution in [-0.4, -0.2) is 19.0 Å². The van der Waals surface area contributed by atoms with Crippen LogP contribution in [0.5, 0.6) is 0 Å². The second-order valence-corrected chi connectivity index (χ2v) is 4.63. The molecule has 1 heterocycles. The normalized spacial score (nSPS) is 16.3. The molecule has 0 N–H and O–H groups in total. The molecule has 0 bridgehead atoms. The summed E-state index contributed by atoms with van der Waals surface area (Å²) in [5.41, 5.74) is 1.94. The van der Waals surface area contributed by atoms with Crippen LogP contribution in [0.1, 0.15) is 37.9 Å². The molecule has 5 heteroatoms. The molecule has 0 aliphatic carbocycles. The molecule has 0 saturated carbocycles. The van der Waals surface area contributed by atoms with Gasteiger partial charge in [-0.15, -0.1) is 0 Å². The van der Waals surface area contributed by atoms with E-state index in [4.69, 9.17) is 4.74 Å². The SMILES string of the molecule is COC(=O)c1ccc2c(c1)C(=O)OC2c1ccc(F)cc1. The Labute approximate surface area is 120 Å². The average molecular weight is 286 g/mol. The Morgan fingerprint density at radius 1 is 1.19 bits per heavy atom. The summed E-state index contributed by atoms with van der Waals surface area (Å²) in [6.07, 6.45) is -0.584. The first-order chi connectivity index (χ1) is 10.1. The van der Waals surface area contributed by atoms with Crippen molar-refractivity contribution < 1.29 is 23.5 Å². The van der Waals surface area contributed by atoms with Crippen molar-refractivity contribution in [2.75, 3.05) is 7.11 Å². The van der Waals surface area contributed by atoms with E-state index in [0.29, 0.717) is 16.7 Å². The van der Waals surface area contributed by atoms with E-state index >= 15 is 0 Å². The van der Waals surface area contributed by atoms with Crippen LogP contribution < -0.4 is 0 Å². The minimum Gasteiger partial charge on any atom is -0.465 e. The standard InChI is InChI=1S/C16H11FO4/c1-20-15(18)10-4-7-12-13(8-10)16(19)21-14(12)9-2-5-11(17)6-3-9/h2-8,14H,1H3. The number of esters is 2. The summed E-state index contributed by atoms with van der Waals surface area (Å²) in [5, 5.41) is 0. The number of fused-ring (bicyclic) bond motifs is 1. The molecule has 2 aromatic carbocycles. The third kappa shape index (κ3) is 2.27. The maximum absolute atomic E-state index is 13.0.